The van der Waals surface area contributed by atoms with Gasteiger partial charge in [-0.05, 0) is 30.3 Å². The van der Waals surface area contributed by atoms with Crippen LogP contribution in [-0.2, 0) is 6.54 Å². The average Bonchev–Trinajstić information content (AvgIpc) is 2.43. The first-order valence-electron chi connectivity index (χ1n) is 5.79. The number of hydrogen-bond acceptors (Lipinski definition) is 3. The zero-order valence-electron chi connectivity index (χ0n) is 9.95. The van der Waals surface area contributed by atoms with E-state index in [1.54, 1.807) is 29.0 Å². The Morgan fingerprint density at radius 3 is 2.84 bits per heavy atom. The van der Waals surface area contributed by atoms with Crippen molar-refractivity contribution in [1.29, 1.82) is 0 Å². The molecule has 3 rings (SSSR count). The fraction of sp³-hybridized carbons (Fsp3) is 0.0714. The zero-order valence-corrected chi connectivity index (χ0v) is 10.7. The second-order valence-electron chi connectivity index (χ2n) is 4.16. The van der Waals surface area contributed by atoms with Gasteiger partial charge in [0.05, 0.1) is 29.5 Å². The first-order chi connectivity index (χ1) is 9.24. The Bertz CT molecular complexity index is 784. The van der Waals surface area contributed by atoms with Gasteiger partial charge in [0.1, 0.15) is 0 Å². The molecule has 2 aromatic heterocycles. The van der Waals surface area contributed by atoms with Gasteiger partial charge in [-0.3, -0.25) is 14.3 Å². The molecule has 0 saturated carbocycles. The minimum atomic E-state index is -0.0904. The molecule has 0 saturated heterocycles. The quantitative estimate of drug-likeness (QED) is 0.719. The van der Waals surface area contributed by atoms with Crippen LogP contribution in [0.4, 0.5) is 0 Å². The van der Waals surface area contributed by atoms with Gasteiger partial charge in [0, 0.05) is 11.2 Å². The Balaban J connectivity index is 2.08. The Labute approximate surface area is 114 Å². The topological polar surface area (TPSA) is 47.8 Å². The lowest BCUT2D eigenvalue weighted by atomic mass is 10.2. The van der Waals surface area contributed by atoms with Crippen LogP contribution in [0, 0.1) is 0 Å². The molecule has 0 aliphatic heterocycles. The van der Waals surface area contributed by atoms with Crippen LogP contribution in [-0.4, -0.2) is 14.5 Å². The number of pyridine rings is 1. The predicted molar refractivity (Wildman–Crippen MR) is 74.4 cm³/mol. The van der Waals surface area contributed by atoms with Gasteiger partial charge < -0.3 is 0 Å². The molecule has 5 heteroatoms. The summed E-state index contributed by atoms with van der Waals surface area (Å²) < 4.78 is 1.54. The maximum atomic E-state index is 12.3. The smallest absolute Gasteiger partial charge is 0.261 e. The highest BCUT2D eigenvalue weighted by Crippen LogP contribution is 2.14. The molecule has 0 aliphatic rings. The number of benzene rings is 1. The maximum absolute atomic E-state index is 12.3. The minimum absolute atomic E-state index is 0.0904. The van der Waals surface area contributed by atoms with Crippen molar-refractivity contribution in [1.82, 2.24) is 14.5 Å². The SMILES string of the molecule is O=c1c2ccc(Cl)cc2ncn1Cc1ccccn1. The zero-order chi connectivity index (χ0) is 13.2. The van der Waals surface area contributed by atoms with Gasteiger partial charge in [0.2, 0.25) is 0 Å². The van der Waals surface area contributed by atoms with Gasteiger partial charge in [-0.15, -0.1) is 0 Å². The number of fused-ring (bicyclic) bond motifs is 1. The molecule has 0 aliphatic carbocycles. The summed E-state index contributed by atoms with van der Waals surface area (Å²) in [6.07, 6.45) is 3.23. The molecule has 0 amide bonds. The van der Waals surface area contributed by atoms with E-state index >= 15 is 0 Å². The van der Waals surface area contributed by atoms with E-state index in [1.807, 2.05) is 18.2 Å². The fourth-order valence-electron chi connectivity index (χ4n) is 1.91. The lowest BCUT2D eigenvalue weighted by molar-refractivity contribution is 0.730. The summed E-state index contributed by atoms with van der Waals surface area (Å²) in [7, 11) is 0. The first-order valence-corrected chi connectivity index (χ1v) is 6.16. The molecule has 0 radical (unpaired) electrons. The molecule has 2 heterocycles. The van der Waals surface area contributed by atoms with Crippen LogP contribution in [0.15, 0.2) is 53.7 Å². The van der Waals surface area contributed by atoms with Crippen LogP contribution in [0.2, 0.25) is 5.02 Å². The van der Waals surface area contributed by atoms with Crippen molar-refractivity contribution in [3.8, 4) is 0 Å². The molecule has 0 bridgehead atoms. The summed E-state index contributed by atoms with van der Waals surface area (Å²) in [5, 5.41) is 1.13. The molecule has 19 heavy (non-hydrogen) atoms. The molecule has 0 fully saturated rings. The largest absolute Gasteiger partial charge is 0.293 e. The van der Waals surface area contributed by atoms with E-state index in [2.05, 4.69) is 9.97 Å². The van der Waals surface area contributed by atoms with E-state index in [0.29, 0.717) is 22.5 Å². The van der Waals surface area contributed by atoms with Crippen molar-refractivity contribution in [3.63, 3.8) is 0 Å². The highest BCUT2D eigenvalue weighted by Gasteiger charge is 2.05. The highest BCUT2D eigenvalue weighted by atomic mass is 35.5. The van der Waals surface area contributed by atoms with Gasteiger partial charge in [0.25, 0.3) is 5.56 Å². The van der Waals surface area contributed by atoms with E-state index in [0.717, 1.165) is 5.69 Å². The third kappa shape index (κ3) is 2.35. The highest BCUT2D eigenvalue weighted by molar-refractivity contribution is 6.31. The standard InChI is InChI=1S/C14H10ClN3O/c15-10-4-5-12-13(7-10)17-9-18(14(12)19)8-11-3-1-2-6-16-11/h1-7,9H,8H2. The Morgan fingerprint density at radius 2 is 2.05 bits per heavy atom. The Kier molecular flexibility index (Phi) is 3.01. The van der Waals surface area contributed by atoms with Gasteiger partial charge in [0.15, 0.2) is 0 Å². The van der Waals surface area contributed by atoms with Crippen LogP contribution in [0.25, 0.3) is 10.9 Å². The minimum Gasteiger partial charge on any atom is -0.293 e. The molecule has 0 unspecified atom stereocenters. The third-order valence-corrected chi connectivity index (χ3v) is 3.08. The fourth-order valence-corrected chi connectivity index (χ4v) is 2.08. The normalized spacial score (nSPS) is 10.8. The van der Waals surface area contributed by atoms with E-state index in [4.69, 9.17) is 11.6 Å². The predicted octanol–water partition coefficient (Wildman–Crippen LogP) is 2.49. The van der Waals surface area contributed by atoms with Crippen LogP contribution < -0.4 is 5.56 Å². The summed E-state index contributed by atoms with van der Waals surface area (Å²) in [4.78, 5) is 20.7. The van der Waals surface area contributed by atoms with E-state index in [-0.39, 0.29) is 5.56 Å². The molecule has 0 N–H and O–H groups in total. The summed E-state index contributed by atoms with van der Waals surface area (Å²) in [6, 6.07) is 10.7. The van der Waals surface area contributed by atoms with E-state index < -0.39 is 0 Å². The van der Waals surface area contributed by atoms with Crippen LogP contribution >= 0.6 is 11.6 Å². The van der Waals surface area contributed by atoms with Gasteiger partial charge in [-0.1, -0.05) is 17.7 Å². The number of rotatable bonds is 2. The molecule has 0 spiro atoms. The van der Waals surface area contributed by atoms with Gasteiger partial charge in [-0.25, -0.2) is 4.98 Å². The number of aromatic nitrogens is 3. The molecule has 1 aromatic carbocycles. The summed E-state index contributed by atoms with van der Waals surface area (Å²) in [5.41, 5.74) is 1.34. The van der Waals surface area contributed by atoms with Crippen LogP contribution in [0.3, 0.4) is 0 Å². The van der Waals surface area contributed by atoms with Gasteiger partial charge >= 0.3 is 0 Å². The van der Waals surface area contributed by atoms with Crippen molar-refractivity contribution >= 4 is 22.5 Å². The lowest BCUT2D eigenvalue weighted by Gasteiger charge is -2.06. The second kappa shape index (κ2) is 4.82. The van der Waals surface area contributed by atoms with Gasteiger partial charge in [-0.2, -0.15) is 0 Å². The lowest BCUT2D eigenvalue weighted by Crippen LogP contribution is -2.21. The Morgan fingerprint density at radius 1 is 1.16 bits per heavy atom. The molecular weight excluding hydrogens is 262 g/mol. The molecule has 4 nitrogen and oxygen atoms in total. The first kappa shape index (κ1) is 11.9. The number of halogens is 1. The third-order valence-electron chi connectivity index (χ3n) is 2.85. The number of nitrogens with zero attached hydrogens (tertiary/aromatic N) is 3. The molecule has 94 valence electrons. The van der Waals surface area contributed by atoms with Crippen LogP contribution in [0.5, 0.6) is 0 Å². The maximum Gasteiger partial charge on any atom is 0.261 e. The monoisotopic (exact) mass is 271 g/mol. The summed E-state index contributed by atoms with van der Waals surface area (Å²) in [5.74, 6) is 0. The summed E-state index contributed by atoms with van der Waals surface area (Å²) in [6.45, 7) is 0.408. The van der Waals surface area contributed by atoms with Crippen molar-refractivity contribution in [3.05, 3.63) is 70.0 Å². The van der Waals surface area contributed by atoms with Crippen molar-refractivity contribution in [2.24, 2.45) is 0 Å². The second-order valence-corrected chi connectivity index (χ2v) is 4.60. The van der Waals surface area contributed by atoms with Crippen molar-refractivity contribution < 1.29 is 0 Å². The molecular formula is C14H10ClN3O. The van der Waals surface area contributed by atoms with Crippen molar-refractivity contribution in [2.75, 3.05) is 0 Å². The number of hydrogen-bond donors (Lipinski definition) is 0. The molecule has 0 atom stereocenters. The molecule has 3 aromatic rings. The summed E-state index contributed by atoms with van der Waals surface area (Å²) >= 11 is 5.88. The average molecular weight is 272 g/mol. The van der Waals surface area contributed by atoms with Crippen LogP contribution in [0.1, 0.15) is 5.69 Å². The Hall–Kier alpha value is -2.20. The van der Waals surface area contributed by atoms with E-state index in [1.165, 1.54) is 6.33 Å². The van der Waals surface area contributed by atoms with E-state index in [9.17, 15) is 4.79 Å². The van der Waals surface area contributed by atoms with Crippen molar-refractivity contribution in [2.45, 2.75) is 6.54 Å².